The minimum Gasteiger partial charge on any atom is -0.480 e. The lowest BCUT2D eigenvalue weighted by molar-refractivity contribution is -0.135. The smallest absolute Gasteiger partial charge is 0.317 e. The monoisotopic (exact) mass is 200 g/mol. The maximum absolute atomic E-state index is 11.1. The van der Waals surface area contributed by atoms with Crippen LogP contribution in [0.5, 0.6) is 0 Å². The number of nitrogens with zero attached hydrogens (tertiary/aromatic N) is 1. The van der Waals surface area contributed by atoms with Crippen molar-refractivity contribution in [2.75, 3.05) is 19.6 Å². The summed E-state index contributed by atoms with van der Waals surface area (Å²) < 4.78 is 0. The molecule has 1 rings (SSSR count). The Morgan fingerprint density at radius 2 is 2.29 bits per heavy atom. The summed E-state index contributed by atoms with van der Waals surface area (Å²) in [5, 5.41) is 11.2. The number of amides is 1. The lowest BCUT2D eigenvalue weighted by atomic mass is 10.2. The molecular formula is C9H16N2O3. The molecule has 14 heavy (non-hydrogen) atoms. The molecule has 1 saturated heterocycles. The Hall–Kier alpha value is -1.10. The first-order chi connectivity index (χ1) is 6.61. The summed E-state index contributed by atoms with van der Waals surface area (Å²) in [4.78, 5) is 23.2. The molecule has 0 spiro atoms. The fraction of sp³-hybridized carbons (Fsp3) is 0.778. The Morgan fingerprint density at radius 3 is 2.86 bits per heavy atom. The van der Waals surface area contributed by atoms with Crippen LogP contribution in [0.3, 0.4) is 0 Å². The summed E-state index contributed by atoms with van der Waals surface area (Å²) >= 11 is 0. The van der Waals surface area contributed by atoms with Gasteiger partial charge in [0.25, 0.3) is 0 Å². The van der Waals surface area contributed by atoms with E-state index in [4.69, 9.17) is 5.11 Å². The maximum atomic E-state index is 11.1. The van der Waals surface area contributed by atoms with Crippen LogP contribution < -0.4 is 5.32 Å². The van der Waals surface area contributed by atoms with Gasteiger partial charge in [0.2, 0.25) is 5.91 Å². The Labute approximate surface area is 83.1 Å². The molecule has 80 valence electrons. The first kappa shape index (κ1) is 11.0. The predicted molar refractivity (Wildman–Crippen MR) is 50.9 cm³/mol. The highest BCUT2D eigenvalue weighted by atomic mass is 16.4. The van der Waals surface area contributed by atoms with E-state index in [1.807, 2.05) is 0 Å². The molecule has 1 atom stereocenters. The largest absolute Gasteiger partial charge is 0.480 e. The highest BCUT2D eigenvalue weighted by Gasteiger charge is 2.25. The topological polar surface area (TPSA) is 69.6 Å². The van der Waals surface area contributed by atoms with E-state index < -0.39 is 5.97 Å². The van der Waals surface area contributed by atoms with E-state index in [1.54, 1.807) is 11.8 Å². The van der Waals surface area contributed by atoms with Gasteiger partial charge >= 0.3 is 5.97 Å². The van der Waals surface area contributed by atoms with Crippen LogP contribution in [0.1, 0.15) is 19.8 Å². The summed E-state index contributed by atoms with van der Waals surface area (Å²) in [6.45, 7) is 2.89. The highest BCUT2D eigenvalue weighted by Crippen LogP contribution is 2.16. The second kappa shape index (κ2) is 4.95. The minimum absolute atomic E-state index is 0.0394. The van der Waals surface area contributed by atoms with Gasteiger partial charge in [0.1, 0.15) is 0 Å². The third kappa shape index (κ3) is 2.99. The van der Waals surface area contributed by atoms with Crippen LogP contribution in [0.25, 0.3) is 0 Å². The van der Waals surface area contributed by atoms with Crippen LogP contribution in [-0.4, -0.2) is 47.6 Å². The zero-order valence-corrected chi connectivity index (χ0v) is 8.32. The summed E-state index contributed by atoms with van der Waals surface area (Å²) in [7, 11) is 0. The third-order valence-corrected chi connectivity index (χ3v) is 2.44. The molecule has 0 aromatic heterocycles. The number of hydrogen-bond donors (Lipinski definition) is 2. The third-order valence-electron chi connectivity index (χ3n) is 2.44. The van der Waals surface area contributed by atoms with E-state index in [-0.39, 0.29) is 18.5 Å². The molecule has 0 radical (unpaired) electrons. The molecule has 5 nitrogen and oxygen atoms in total. The van der Waals surface area contributed by atoms with Gasteiger partial charge in [0.15, 0.2) is 0 Å². The fourth-order valence-corrected chi connectivity index (χ4v) is 1.81. The second-order valence-corrected chi connectivity index (χ2v) is 3.53. The lowest BCUT2D eigenvalue weighted by Gasteiger charge is -2.23. The number of aliphatic carboxylic acids is 1. The summed E-state index contributed by atoms with van der Waals surface area (Å²) in [6.07, 6.45) is 1.98. The molecule has 1 amide bonds. The highest BCUT2D eigenvalue weighted by molar-refractivity contribution is 5.74. The van der Waals surface area contributed by atoms with Gasteiger partial charge in [0, 0.05) is 26.1 Å². The molecule has 0 bridgehead atoms. The van der Waals surface area contributed by atoms with Crippen molar-refractivity contribution in [3.05, 3.63) is 0 Å². The van der Waals surface area contributed by atoms with Gasteiger partial charge in [-0.3, -0.25) is 9.59 Å². The molecular weight excluding hydrogens is 184 g/mol. The summed E-state index contributed by atoms with van der Waals surface area (Å²) in [6, 6.07) is 0.173. The van der Waals surface area contributed by atoms with Gasteiger partial charge in [-0.1, -0.05) is 0 Å². The fourth-order valence-electron chi connectivity index (χ4n) is 1.81. The number of rotatable bonds is 4. The van der Waals surface area contributed by atoms with E-state index >= 15 is 0 Å². The zero-order chi connectivity index (χ0) is 10.6. The van der Waals surface area contributed by atoms with Crippen molar-refractivity contribution < 1.29 is 14.7 Å². The number of carbonyl (C=O) groups is 2. The second-order valence-electron chi connectivity index (χ2n) is 3.53. The van der Waals surface area contributed by atoms with Gasteiger partial charge in [-0.2, -0.15) is 0 Å². The van der Waals surface area contributed by atoms with Crippen LogP contribution in [0.15, 0.2) is 0 Å². The predicted octanol–water partition coefficient (Wildman–Crippen LogP) is -0.328. The van der Waals surface area contributed by atoms with Gasteiger partial charge in [0.05, 0.1) is 6.54 Å². The summed E-state index contributed by atoms with van der Waals surface area (Å²) in [5.41, 5.74) is 0. The number of likely N-dealkylation sites (tertiary alicyclic amines) is 1. The summed E-state index contributed by atoms with van der Waals surface area (Å²) in [5.74, 6) is -0.790. The van der Waals surface area contributed by atoms with Crippen molar-refractivity contribution in [3.63, 3.8) is 0 Å². The van der Waals surface area contributed by atoms with Gasteiger partial charge in [-0.25, -0.2) is 0 Å². The van der Waals surface area contributed by atoms with E-state index in [2.05, 4.69) is 5.32 Å². The number of hydrogen-bond acceptors (Lipinski definition) is 3. The average molecular weight is 200 g/mol. The van der Waals surface area contributed by atoms with Crippen LogP contribution in [0, 0.1) is 0 Å². The van der Waals surface area contributed by atoms with Crippen molar-refractivity contribution in [2.24, 2.45) is 0 Å². The van der Waals surface area contributed by atoms with Crippen LogP contribution in [0.4, 0.5) is 0 Å². The minimum atomic E-state index is -0.864. The molecule has 5 heteroatoms. The molecule has 0 aliphatic carbocycles. The number of carboxylic acids is 1. The SMILES string of the molecule is CC(=O)N1CCC[C@@H]1CNCC(=O)O. The number of carboxylic acid groups (broad SMARTS) is 1. The Balaban J connectivity index is 2.29. The molecule has 0 aromatic rings. The molecule has 1 fully saturated rings. The molecule has 1 heterocycles. The van der Waals surface area contributed by atoms with E-state index in [9.17, 15) is 9.59 Å². The molecule has 0 aromatic carbocycles. The van der Waals surface area contributed by atoms with Crippen molar-refractivity contribution in [1.29, 1.82) is 0 Å². The van der Waals surface area contributed by atoms with Crippen molar-refractivity contribution in [1.82, 2.24) is 10.2 Å². The molecule has 0 unspecified atom stereocenters. The Kier molecular flexibility index (Phi) is 3.88. The van der Waals surface area contributed by atoms with E-state index in [0.717, 1.165) is 19.4 Å². The number of nitrogens with one attached hydrogen (secondary N) is 1. The van der Waals surface area contributed by atoms with E-state index in [0.29, 0.717) is 6.54 Å². The average Bonchev–Trinajstić information content (AvgIpc) is 2.51. The van der Waals surface area contributed by atoms with Crippen molar-refractivity contribution >= 4 is 11.9 Å². The van der Waals surface area contributed by atoms with Crippen LogP contribution in [0.2, 0.25) is 0 Å². The van der Waals surface area contributed by atoms with Crippen LogP contribution in [-0.2, 0) is 9.59 Å². The normalized spacial score (nSPS) is 21.2. The molecule has 1 aliphatic rings. The molecule has 1 aliphatic heterocycles. The van der Waals surface area contributed by atoms with Crippen LogP contribution >= 0.6 is 0 Å². The van der Waals surface area contributed by atoms with Crippen molar-refractivity contribution in [2.45, 2.75) is 25.8 Å². The Bertz CT molecular complexity index is 230. The first-order valence-electron chi connectivity index (χ1n) is 4.81. The number of carbonyl (C=O) groups excluding carboxylic acids is 1. The molecule has 0 saturated carbocycles. The van der Waals surface area contributed by atoms with Crippen molar-refractivity contribution in [3.8, 4) is 0 Å². The van der Waals surface area contributed by atoms with Gasteiger partial charge in [-0.05, 0) is 12.8 Å². The van der Waals surface area contributed by atoms with Gasteiger partial charge < -0.3 is 15.3 Å². The standard InChI is InChI=1S/C9H16N2O3/c1-7(12)11-4-2-3-8(11)5-10-6-9(13)14/h8,10H,2-6H2,1H3,(H,13,14)/t8-/m1/s1. The zero-order valence-electron chi connectivity index (χ0n) is 8.32. The Morgan fingerprint density at radius 1 is 1.57 bits per heavy atom. The lowest BCUT2D eigenvalue weighted by Crippen LogP contribution is -2.41. The maximum Gasteiger partial charge on any atom is 0.317 e. The first-order valence-corrected chi connectivity index (χ1v) is 4.81. The quantitative estimate of drug-likeness (QED) is 0.652. The van der Waals surface area contributed by atoms with Gasteiger partial charge in [-0.15, -0.1) is 0 Å². The van der Waals surface area contributed by atoms with E-state index in [1.165, 1.54) is 0 Å². The molecule has 2 N–H and O–H groups in total.